The molecule has 4 N–H and O–H groups in total. The van der Waals surface area contributed by atoms with Gasteiger partial charge in [0.15, 0.2) is 11.7 Å². The number of hydrogen-bond donors (Lipinski definition) is 3. The van der Waals surface area contributed by atoms with Crippen LogP contribution in [0.1, 0.15) is 10.5 Å². The molecule has 122 valence electrons. The number of benzene rings is 1. The number of hydrogen-bond acceptors (Lipinski definition) is 4. The SMILES string of the molecule is CN=C(N)NC(=O)c1cc2c(Cl)ccc(Oc3ccncc3)c2[nH]1. The van der Waals surface area contributed by atoms with Crippen molar-refractivity contribution in [1.29, 1.82) is 0 Å². The summed E-state index contributed by atoms with van der Waals surface area (Å²) in [6, 6.07) is 8.53. The molecule has 0 radical (unpaired) electrons. The largest absolute Gasteiger partial charge is 0.455 e. The first-order chi connectivity index (χ1) is 11.6. The lowest BCUT2D eigenvalue weighted by molar-refractivity contribution is 0.0972. The van der Waals surface area contributed by atoms with Gasteiger partial charge in [-0.15, -0.1) is 0 Å². The van der Waals surface area contributed by atoms with Crippen LogP contribution in [0, 0.1) is 0 Å². The summed E-state index contributed by atoms with van der Waals surface area (Å²) in [4.78, 5) is 22.8. The van der Waals surface area contributed by atoms with E-state index in [0.717, 1.165) is 0 Å². The minimum Gasteiger partial charge on any atom is -0.455 e. The van der Waals surface area contributed by atoms with E-state index in [-0.39, 0.29) is 5.96 Å². The summed E-state index contributed by atoms with van der Waals surface area (Å²) in [5, 5.41) is 3.63. The maximum atomic E-state index is 12.2. The van der Waals surface area contributed by atoms with Gasteiger partial charge in [-0.1, -0.05) is 11.6 Å². The molecule has 0 aliphatic rings. The smallest absolute Gasteiger partial charge is 0.274 e. The molecule has 0 atom stereocenters. The van der Waals surface area contributed by atoms with E-state index < -0.39 is 5.91 Å². The van der Waals surface area contributed by atoms with Crippen LogP contribution in [-0.4, -0.2) is 28.9 Å². The fourth-order valence-corrected chi connectivity index (χ4v) is 2.35. The Morgan fingerprint density at radius 3 is 2.79 bits per heavy atom. The Morgan fingerprint density at radius 1 is 1.33 bits per heavy atom. The molecule has 0 saturated heterocycles. The Bertz CT molecular complexity index is 921. The van der Waals surface area contributed by atoms with Gasteiger partial charge in [-0.2, -0.15) is 0 Å². The number of ether oxygens (including phenoxy) is 1. The normalized spacial score (nSPS) is 11.5. The number of halogens is 1. The van der Waals surface area contributed by atoms with Crippen molar-refractivity contribution in [2.75, 3.05) is 7.05 Å². The van der Waals surface area contributed by atoms with Gasteiger partial charge in [0.05, 0.1) is 10.5 Å². The summed E-state index contributed by atoms with van der Waals surface area (Å²) in [6.45, 7) is 0. The standard InChI is InChI=1S/C16H14ClN5O2/c1-19-16(18)22-15(23)12-8-10-11(17)2-3-13(14(10)21-12)24-9-4-6-20-7-5-9/h2-8,21H,1H3,(H3,18,19,22,23). The third-order valence-corrected chi connectivity index (χ3v) is 3.64. The molecule has 24 heavy (non-hydrogen) atoms. The first-order valence-corrected chi connectivity index (χ1v) is 7.39. The molecule has 3 rings (SSSR count). The van der Waals surface area contributed by atoms with E-state index in [1.54, 1.807) is 42.7 Å². The van der Waals surface area contributed by atoms with Crippen LogP contribution in [0.15, 0.2) is 47.7 Å². The van der Waals surface area contributed by atoms with Gasteiger partial charge < -0.3 is 15.5 Å². The highest BCUT2D eigenvalue weighted by Gasteiger charge is 2.15. The van der Waals surface area contributed by atoms with E-state index in [1.807, 2.05) is 0 Å². The minimum absolute atomic E-state index is 0.0259. The lowest BCUT2D eigenvalue weighted by Gasteiger charge is -2.07. The Kier molecular flexibility index (Phi) is 4.35. The lowest BCUT2D eigenvalue weighted by Crippen LogP contribution is -2.36. The molecule has 1 amide bonds. The maximum absolute atomic E-state index is 12.2. The molecular weight excluding hydrogens is 330 g/mol. The number of pyridine rings is 1. The molecule has 2 aromatic heterocycles. The Labute approximate surface area is 142 Å². The Hall–Kier alpha value is -3.06. The highest BCUT2D eigenvalue weighted by atomic mass is 35.5. The fourth-order valence-electron chi connectivity index (χ4n) is 2.14. The van der Waals surface area contributed by atoms with Gasteiger partial charge in [0.1, 0.15) is 11.4 Å². The quantitative estimate of drug-likeness (QED) is 0.502. The number of aromatic nitrogens is 2. The van der Waals surface area contributed by atoms with Crippen molar-refractivity contribution in [3.05, 3.63) is 53.4 Å². The van der Waals surface area contributed by atoms with Crippen LogP contribution in [-0.2, 0) is 0 Å². The molecule has 2 heterocycles. The van der Waals surface area contributed by atoms with Crippen LogP contribution in [0.5, 0.6) is 11.5 Å². The number of nitrogens with one attached hydrogen (secondary N) is 2. The number of rotatable bonds is 3. The van der Waals surface area contributed by atoms with Crippen molar-refractivity contribution in [3.63, 3.8) is 0 Å². The third-order valence-electron chi connectivity index (χ3n) is 3.31. The molecule has 0 aliphatic carbocycles. The molecule has 0 unspecified atom stereocenters. The number of fused-ring (bicyclic) bond motifs is 1. The van der Waals surface area contributed by atoms with E-state index in [4.69, 9.17) is 22.1 Å². The predicted molar refractivity (Wildman–Crippen MR) is 92.6 cm³/mol. The maximum Gasteiger partial charge on any atom is 0.274 e. The van der Waals surface area contributed by atoms with Gasteiger partial charge in [0.2, 0.25) is 0 Å². The summed E-state index contributed by atoms with van der Waals surface area (Å²) < 4.78 is 5.83. The number of carbonyl (C=O) groups is 1. The fraction of sp³-hybridized carbons (Fsp3) is 0.0625. The van der Waals surface area contributed by atoms with Crippen LogP contribution >= 0.6 is 11.6 Å². The first kappa shape index (κ1) is 15.8. The minimum atomic E-state index is -0.416. The molecule has 3 aromatic rings. The van der Waals surface area contributed by atoms with Crippen molar-refractivity contribution in [2.45, 2.75) is 0 Å². The molecule has 7 nitrogen and oxygen atoms in total. The summed E-state index contributed by atoms with van der Waals surface area (Å²) in [7, 11) is 1.48. The lowest BCUT2D eigenvalue weighted by atomic mass is 10.2. The van der Waals surface area contributed by atoms with E-state index in [1.165, 1.54) is 7.05 Å². The van der Waals surface area contributed by atoms with Gasteiger partial charge in [-0.05, 0) is 30.3 Å². The summed E-state index contributed by atoms with van der Waals surface area (Å²) in [5.74, 6) is 0.770. The molecule has 0 bridgehead atoms. The number of nitrogens with two attached hydrogens (primary N) is 1. The highest BCUT2D eigenvalue weighted by Crippen LogP contribution is 2.34. The van der Waals surface area contributed by atoms with E-state index in [0.29, 0.717) is 33.1 Å². The summed E-state index contributed by atoms with van der Waals surface area (Å²) in [5.41, 5.74) is 6.42. The van der Waals surface area contributed by atoms with Crippen LogP contribution in [0.25, 0.3) is 10.9 Å². The number of aliphatic imine (C=N–C) groups is 1. The second kappa shape index (κ2) is 6.59. The van der Waals surface area contributed by atoms with E-state index in [2.05, 4.69) is 20.3 Å². The number of H-pyrrole nitrogens is 1. The van der Waals surface area contributed by atoms with Gasteiger partial charge in [-0.25, -0.2) is 0 Å². The molecule has 0 saturated carbocycles. The average Bonchev–Trinajstić information content (AvgIpc) is 3.05. The number of guanidine groups is 1. The van der Waals surface area contributed by atoms with Crippen LogP contribution in [0.2, 0.25) is 5.02 Å². The third kappa shape index (κ3) is 3.16. The second-order valence-electron chi connectivity index (χ2n) is 4.87. The highest BCUT2D eigenvalue weighted by molar-refractivity contribution is 6.35. The average molecular weight is 344 g/mol. The molecule has 1 aromatic carbocycles. The van der Waals surface area contributed by atoms with Gasteiger partial charge >= 0.3 is 0 Å². The van der Waals surface area contributed by atoms with Crippen LogP contribution < -0.4 is 15.8 Å². The van der Waals surface area contributed by atoms with E-state index >= 15 is 0 Å². The van der Waals surface area contributed by atoms with Crippen molar-refractivity contribution in [2.24, 2.45) is 10.7 Å². The van der Waals surface area contributed by atoms with Gasteiger partial charge in [0, 0.05) is 24.8 Å². The monoisotopic (exact) mass is 343 g/mol. The number of aromatic amines is 1. The zero-order valence-electron chi connectivity index (χ0n) is 12.7. The molecular formula is C16H14ClN5O2. The van der Waals surface area contributed by atoms with Crippen LogP contribution in [0.3, 0.4) is 0 Å². The van der Waals surface area contributed by atoms with Gasteiger partial charge in [-0.3, -0.25) is 20.1 Å². The predicted octanol–water partition coefficient (Wildman–Crippen LogP) is 2.68. The Morgan fingerprint density at radius 2 is 2.08 bits per heavy atom. The van der Waals surface area contributed by atoms with Crippen LogP contribution in [0.4, 0.5) is 0 Å². The summed E-state index contributed by atoms with van der Waals surface area (Å²) >= 11 is 6.22. The topological polar surface area (TPSA) is 105 Å². The first-order valence-electron chi connectivity index (χ1n) is 7.01. The van der Waals surface area contributed by atoms with Crippen molar-refractivity contribution < 1.29 is 9.53 Å². The van der Waals surface area contributed by atoms with Crippen molar-refractivity contribution >= 4 is 34.4 Å². The number of nitrogens with zero attached hydrogens (tertiary/aromatic N) is 2. The van der Waals surface area contributed by atoms with Crippen molar-refractivity contribution in [1.82, 2.24) is 15.3 Å². The van der Waals surface area contributed by atoms with E-state index in [9.17, 15) is 4.79 Å². The zero-order valence-corrected chi connectivity index (χ0v) is 13.5. The Balaban J connectivity index is 2.00. The van der Waals surface area contributed by atoms with Gasteiger partial charge in [0.25, 0.3) is 5.91 Å². The second-order valence-corrected chi connectivity index (χ2v) is 5.27. The summed E-state index contributed by atoms with van der Waals surface area (Å²) in [6.07, 6.45) is 3.26. The zero-order chi connectivity index (χ0) is 17.1. The molecule has 0 spiro atoms. The van der Waals surface area contributed by atoms with Crippen molar-refractivity contribution in [3.8, 4) is 11.5 Å². The molecule has 0 aliphatic heterocycles. The molecule has 8 heteroatoms. The molecule has 0 fully saturated rings. The number of amides is 1. The number of carbonyl (C=O) groups excluding carboxylic acids is 1.